The highest BCUT2D eigenvalue weighted by Gasteiger charge is 2.33. The van der Waals surface area contributed by atoms with E-state index in [1.165, 1.54) is 18.2 Å². The number of aromatic amines is 1. The van der Waals surface area contributed by atoms with Crippen molar-refractivity contribution in [1.82, 2.24) is 9.97 Å². The highest BCUT2D eigenvalue weighted by atomic mass is 19.1. The van der Waals surface area contributed by atoms with Gasteiger partial charge in [-0.2, -0.15) is 0 Å². The lowest BCUT2D eigenvalue weighted by molar-refractivity contribution is -0.117. The summed E-state index contributed by atoms with van der Waals surface area (Å²) in [7, 11) is 0. The van der Waals surface area contributed by atoms with Crippen LogP contribution in [0.4, 0.5) is 16.0 Å². The number of benzene rings is 1. The lowest BCUT2D eigenvalue weighted by atomic mass is 10.0. The zero-order valence-electron chi connectivity index (χ0n) is 14.3. The van der Waals surface area contributed by atoms with Gasteiger partial charge >= 0.3 is 0 Å². The van der Waals surface area contributed by atoms with Gasteiger partial charge in [-0.3, -0.25) is 14.6 Å². The first-order valence-electron chi connectivity index (χ1n) is 8.44. The van der Waals surface area contributed by atoms with Crippen molar-refractivity contribution in [2.24, 2.45) is 0 Å². The molecular formula is C18H21FN4O2. The Morgan fingerprint density at radius 2 is 1.92 bits per heavy atom. The molecule has 0 unspecified atom stereocenters. The number of carbonyl (C=O) groups is 1. The van der Waals surface area contributed by atoms with Gasteiger partial charge in [0.1, 0.15) is 5.82 Å². The maximum atomic E-state index is 13.1. The molecule has 0 spiro atoms. The predicted molar refractivity (Wildman–Crippen MR) is 94.5 cm³/mol. The number of aromatic nitrogens is 2. The number of amides is 1. The number of halogens is 1. The summed E-state index contributed by atoms with van der Waals surface area (Å²) in [5.74, 6) is -0.0236. The zero-order valence-corrected chi connectivity index (χ0v) is 14.3. The van der Waals surface area contributed by atoms with Crippen molar-refractivity contribution in [2.45, 2.75) is 26.2 Å². The van der Waals surface area contributed by atoms with E-state index >= 15 is 0 Å². The van der Waals surface area contributed by atoms with E-state index in [9.17, 15) is 14.0 Å². The van der Waals surface area contributed by atoms with Crippen molar-refractivity contribution in [3.8, 4) is 0 Å². The summed E-state index contributed by atoms with van der Waals surface area (Å²) in [5.41, 5.74) is 1.05. The SMILES string of the molecule is CCN(CC)c1nc([C@H]2CC(=O)N(c3ccc(F)cc3)C2)cc(=O)[nH]1. The summed E-state index contributed by atoms with van der Waals surface area (Å²) in [6.45, 7) is 5.87. The molecule has 1 amide bonds. The molecule has 2 aromatic rings. The van der Waals surface area contributed by atoms with Crippen LogP contribution in [0.15, 0.2) is 35.1 Å². The van der Waals surface area contributed by atoms with Crippen LogP contribution in [-0.4, -0.2) is 35.5 Å². The number of anilines is 2. The molecule has 1 saturated heterocycles. The van der Waals surface area contributed by atoms with Gasteiger partial charge in [-0.25, -0.2) is 9.37 Å². The van der Waals surface area contributed by atoms with Gasteiger partial charge in [0, 0.05) is 43.7 Å². The van der Waals surface area contributed by atoms with Gasteiger partial charge in [0.15, 0.2) is 0 Å². The van der Waals surface area contributed by atoms with E-state index in [0.717, 1.165) is 13.1 Å². The molecule has 1 aliphatic rings. The molecule has 25 heavy (non-hydrogen) atoms. The van der Waals surface area contributed by atoms with E-state index in [-0.39, 0.29) is 29.6 Å². The van der Waals surface area contributed by atoms with Crippen molar-refractivity contribution < 1.29 is 9.18 Å². The zero-order chi connectivity index (χ0) is 18.0. The lowest BCUT2D eigenvalue weighted by Gasteiger charge is -2.20. The van der Waals surface area contributed by atoms with Gasteiger partial charge in [0.05, 0.1) is 5.69 Å². The lowest BCUT2D eigenvalue weighted by Crippen LogP contribution is -2.28. The molecule has 1 fully saturated rings. The largest absolute Gasteiger partial charge is 0.343 e. The smallest absolute Gasteiger partial charge is 0.252 e. The standard InChI is InChI=1S/C18H21FN4O2/c1-3-22(4-2)18-20-15(10-16(24)21-18)12-9-17(25)23(11-12)14-7-5-13(19)6-8-14/h5-8,10,12H,3-4,9,11H2,1-2H3,(H,20,21,24)/t12-/m0/s1. The van der Waals surface area contributed by atoms with Gasteiger partial charge in [-0.15, -0.1) is 0 Å². The first-order valence-corrected chi connectivity index (χ1v) is 8.44. The molecule has 0 saturated carbocycles. The molecule has 0 bridgehead atoms. The van der Waals surface area contributed by atoms with Gasteiger partial charge < -0.3 is 9.80 Å². The number of carbonyl (C=O) groups excluding carboxylic acids is 1. The first-order chi connectivity index (χ1) is 12.0. The van der Waals surface area contributed by atoms with Crippen LogP contribution in [0, 0.1) is 5.82 Å². The van der Waals surface area contributed by atoms with Gasteiger partial charge in [-0.1, -0.05) is 0 Å². The number of nitrogens with zero attached hydrogens (tertiary/aromatic N) is 3. The van der Waals surface area contributed by atoms with Crippen LogP contribution in [-0.2, 0) is 4.79 Å². The number of nitrogens with one attached hydrogen (secondary N) is 1. The van der Waals surface area contributed by atoms with E-state index in [0.29, 0.717) is 23.9 Å². The number of rotatable bonds is 5. The van der Waals surface area contributed by atoms with Crippen LogP contribution >= 0.6 is 0 Å². The Kier molecular flexibility index (Phi) is 4.83. The minimum Gasteiger partial charge on any atom is -0.343 e. The number of hydrogen-bond acceptors (Lipinski definition) is 4. The Labute approximate surface area is 145 Å². The fourth-order valence-corrected chi connectivity index (χ4v) is 3.12. The normalized spacial score (nSPS) is 17.2. The van der Waals surface area contributed by atoms with E-state index in [4.69, 9.17) is 0 Å². The highest BCUT2D eigenvalue weighted by Crippen LogP contribution is 2.31. The molecule has 3 rings (SSSR count). The number of H-pyrrole nitrogens is 1. The molecule has 6 nitrogen and oxygen atoms in total. The van der Waals surface area contributed by atoms with E-state index < -0.39 is 0 Å². The molecule has 0 aliphatic carbocycles. The Bertz CT molecular complexity index is 815. The van der Waals surface area contributed by atoms with Crippen molar-refractivity contribution in [3.05, 3.63) is 52.2 Å². The molecule has 132 valence electrons. The van der Waals surface area contributed by atoms with Gasteiger partial charge in [-0.05, 0) is 38.1 Å². The quantitative estimate of drug-likeness (QED) is 0.903. The molecule has 1 N–H and O–H groups in total. The van der Waals surface area contributed by atoms with Gasteiger partial charge in [0.25, 0.3) is 5.56 Å². The molecule has 1 atom stereocenters. The maximum absolute atomic E-state index is 13.1. The summed E-state index contributed by atoms with van der Waals surface area (Å²) in [5, 5.41) is 0. The summed E-state index contributed by atoms with van der Waals surface area (Å²) in [6.07, 6.45) is 0.283. The molecule has 1 aromatic heterocycles. The van der Waals surface area contributed by atoms with Crippen LogP contribution < -0.4 is 15.4 Å². The van der Waals surface area contributed by atoms with Crippen molar-refractivity contribution in [3.63, 3.8) is 0 Å². The second-order valence-electron chi connectivity index (χ2n) is 6.05. The second kappa shape index (κ2) is 7.04. The first kappa shape index (κ1) is 17.1. The summed E-state index contributed by atoms with van der Waals surface area (Å²) < 4.78 is 13.1. The van der Waals surface area contributed by atoms with Crippen molar-refractivity contribution in [1.29, 1.82) is 0 Å². The summed E-state index contributed by atoms with van der Waals surface area (Å²) in [6, 6.07) is 7.29. The molecule has 0 radical (unpaired) electrons. The third-order valence-electron chi connectivity index (χ3n) is 4.49. The third-order valence-corrected chi connectivity index (χ3v) is 4.49. The molecule has 2 heterocycles. The van der Waals surface area contributed by atoms with Crippen LogP contribution in [0.2, 0.25) is 0 Å². The minimum absolute atomic E-state index is 0.0527. The monoisotopic (exact) mass is 344 g/mol. The fourth-order valence-electron chi connectivity index (χ4n) is 3.12. The van der Waals surface area contributed by atoms with Gasteiger partial charge in [0.2, 0.25) is 11.9 Å². The van der Waals surface area contributed by atoms with Crippen LogP contribution in [0.3, 0.4) is 0 Å². The highest BCUT2D eigenvalue weighted by molar-refractivity contribution is 5.96. The Hall–Kier alpha value is -2.70. The maximum Gasteiger partial charge on any atom is 0.252 e. The summed E-state index contributed by atoms with van der Waals surface area (Å²) in [4.78, 5) is 35.3. The average molecular weight is 344 g/mol. The van der Waals surface area contributed by atoms with E-state index in [1.807, 2.05) is 18.7 Å². The molecular weight excluding hydrogens is 323 g/mol. The Balaban J connectivity index is 1.87. The van der Waals surface area contributed by atoms with Crippen molar-refractivity contribution in [2.75, 3.05) is 29.4 Å². The fraction of sp³-hybridized carbons (Fsp3) is 0.389. The summed E-state index contributed by atoms with van der Waals surface area (Å²) >= 11 is 0. The topological polar surface area (TPSA) is 69.3 Å². The van der Waals surface area contributed by atoms with Crippen LogP contribution in [0.5, 0.6) is 0 Å². The third kappa shape index (κ3) is 3.55. The molecule has 1 aromatic carbocycles. The van der Waals surface area contributed by atoms with E-state index in [2.05, 4.69) is 9.97 Å². The minimum atomic E-state index is -0.341. The predicted octanol–water partition coefficient (Wildman–Crippen LogP) is 2.28. The Morgan fingerprint density at radius 1 is 1.24 bits per heavy atom. The molecule has 7 heteroatoms. The average Bonchev–Trinajstić information content (AvgIpc) is 2.98. The van der Waals surface area contributed by atoms with Crippen molar-refractivity contribution >= 4 is 17.5 Å². The Morgan fingerprint density at radius 3 is 2.56 bits per heavy atom. The second-order valence-corrected chi connectivity index (χ2v) is 6.05. The van der Waals surface area contributed by atoms with Crippen LogP contribution in [0.25, 0.3) is 0 Å². The number of hydrogen-bond donors (Lipinski definition) is 1. The molecule has 1 aliphatic heterocycles. The van der Waals surface area contributed by atoms with Crippen LogP contribution in [0.1, 0.15) is 31.9 Å². The van der Waals surface area contributed by atoms with E-state index in [1.54, 1.807) is 17.0 Å².